The molecular formula is C68H81N24O20. The van der Waals surface area contributed by atoms with E-state index in [0.29, 0.717) is 10.6 Å². The van der Waals surface area contributed by atoms with Crippen molar-refractivity contribution in [1.82, 2.24) is 92.3 Å². The lowest BCUT2D eigenvalue weighted by atomic mass is 9.54. The molecule has 112 heavy (non-hydrogen) atoms. The van der Waals surface area contributed by atoms with E-state index in [4.69, 9.17) is 57.1 Å². The van der Waals surface area contributed by atoms with E-state index < -0.39 is 218 Å². The van der Waals surface area contributed by atoms with E-state index >= 15 is 9.90 Å². The van der Waals surface area contributed by atoms with Crippen molar-refractivity contribution >= 4 is 62.8 Å². The molecule has 593 valence electrons. The molecule has 10 aromatic rings. The molecule has 9 aromatic heterocycles. The van der Waals surface area contributed by atoms with Crippen LogP contribution in [0.25, 0.3) is 33.5 Å². The molecule has 22 atom stereocenters. The molecule has 20 N–H and O–H groups in total. The SMILES string of the molecule is CC(C)(C)N([O])C(c1ccccc1)c1cn([C@H]2C[C@@](O)([C@@]3([C@H]4C[C@H](n5ccc(N)nc5=O)O[C@@H]4CO)C[C@H](n4cnc5c(=O)[nH]c(N)nc54)O[C@@H]3CO)[C@@H](C(O)C(C(C[C@H]3O[C@@H](n4cnc5c(=O)[nH]c(N)nc54)C[C@@H]3O)[C@H]3O[C@@H](n4ccc(N)nc4=O)C[C@@H]3O)[C@H]3O[C@@H](n4cnc5c(N)ncnc54)C[C@@H]3O)O2)c(=O)[nH]c1=O. The van der Waals surface area contributed by atoms with Gasteiger partial charge in [0.15, 0.2) is 33.8 Å². The molecule has 0 aliphatic carbocycles. The number of aliphatic hydroxyl groups excluding tert-OH is 6. The number of nitrogens with two attached hydrogens (primary N) is 5. The molecule has 0 bridgehead atoms. The van der Waals surface area contributed by atoms with Crippen molar-refractivity contribution < 1.29 is 69.4 Å². The van der Waals surface area contributed by atoms with Crippen molar-refractivity contribution in [3.63, 3.8) is 0 Å². The highest BCUT2D eigenvalue weighted by molar-refractivity contribution is 5.81. The maximum atomic E-state index is 15.6. The van der Waals surface area contributed by atoms with Crippen molar-refractivity contribution in [2.24, 2.45) is 23.2 Å². The lowest BCUT2D eigenvalue weighted by molar-refractivity contribution is -0.234. The Morgan fingerprint density at radius 1 is 0.580 bits per heavy atom. The number of nitrogens with zero attached hydrogens (tertiary/aromatic N) is 16. The average Bonchev–Trinajstić information content (AvgIpc) is 1.52. The third kappa shape index (κ3) is 12.7. The summed E-state index contributed by atoms with van der Waals surface area (Å²) in [6.07, 6.45) is -21.8. The Kier molecular flexibility index (Phi) is 19.2. The van der Waals surface area contributed by atoms with Crippen LogP contribution >= 0.6 is 0 Å². The lowest BCUT2D eigenvalue weighted by Gasteiger charge is -2.53. The van der Waals surface area contributed by atoms with Gasteiger partial charge in [0.1, 0.15) is 72.6 Å². The van der Waals surface area contributed by atoms with Crippen LogP contribution in [0.2, 0.25) is 0 Å². The Labute approximate surface area is 628 Å². The van der Waals surface area contributed by atoms with Gasteiger partial charge in [-0.2, -0.15) is 19.9 Å². The Morgan fingerprint density at radius 3 is 1.73 bits per heavy atom. The number of rotatable bonds is 20. The van der Waals surface area contributed by atoms with Gasteiger partial charge in [-0.1, -0.05) is 30.3 Å². The number of aromatic nitrogens is 18. The van der Waals surface area contributed by atoms with Crippen molar-refractivity contribution in [2.75, 3.05) is 41.9 Å². The number of H-pyrrole nitrogens is 3. The Hall–Kier alpha value is -10.7. The number of aromatic amines is 3. The second-order valence-corrected chi connectivity index (χ2v) is 30.2. The first-order chi connectivity index (χ1) is 53.5. The molecule has 0 amide bonds. The third-order valence-electron chi connectivity index (χ3n) is 22.9. The Balaban J connectivity index is 0.929. The number of benzene rings is 1. The monoisotopic (exact) mass is 1550 g/mol. The van der Waals surface area contributed by atoms with Gasteiger partial charge in [-0.15, -0.1) is 10.3 Å². The molecule has 16 rings (SSSR count). The molecule has 15 heterocycles. The van der Waals surface area contributed by atoms with Crippen LogP contribution in [0.5, 0.6) is 0 Å². The van der Waals surface area contributed by atoms with Gasteiger partial charge in [0.05, 0.1) is 98.7 Å². The summed E-state index contributed by atoms with van der Waals surface area (Å²) in [5, 5.41) is 109. The van der Waals surface area contributed by atoms with E-state index in [1.165, 1.54) is 63.5 Å². The summed E-state index contributed by atoms with van der Waals surface area (Å²) < 4.78 is 48.8. The number of hydroxylamine groups is 2. The minimum Gasteiger partial charge on any atom is -0.394 e. The zero-order valence-electron chi connectivity index (χ0n) is 60.0. The van der Waals surface area contributed by atoms with E-state index in [2.05, 4.69) is 59.8 Å². The van der Waals surface area contributed by atoms with Crippen molar-refractivity contribution in [3.8, 4) is 0 Å². The van der Waals surface area contributed by atoms with Crippen LogP contribution in [0.4, 0.5) is 29.4 Å². The van der Waals surface area contributed by atoms with Crippen molar-refractivity contribution in [2.45, 2.75) is 181 Å². The summed E-state index contributed by atoms with van der Waals surface area (Å²) in [7, 11) is 0. The maximum absolute atomic E-state index is 15.6. The molecule has 44 nitrogen and oxygen atoms in total. The highest BCUT2D eigenvalue weighted by atomic mass is 16.6. The predicted octanol–water partition coefficient (Wildman–Crippen LogP) is -3.29. The fraction of sp³-hybridized carbons (Fsp3) is 0.515. The molecule has 6 fully saturated rings. The second-order valence-electron chi connectivity index (χ2n) is 30.2. The molecule has 1 aromatic carbocycles. The topological polar surface area (TPSA) is 646 Å². The van der Waals surface area contributed by atoms with Gasteiger partial charge in [-0.25, -0.2) is 39.3 Å². The molecule has 6 saturated heterocycles. The largest absolute Gasteiger partial charge is 0.394 e. The standard InChI is InChI=1S/C68H81N24O20/c1-66(2,3)92(106)49(27-7-5-4-6-8-27)29-20-88(65(104)85-58(29)99)44-19-68(105,67(30-14-39(108-35(30)21-93)86-11-9-37(69)79-63(86)102)18-43(109-36(67)22-94)91-26-78-48-57(91)82-62(73)84-60(48)101)53(112-44)50(98)45(52-33(97)17-42(111-52)89-24-76-46-54(71)74-23-75-55(46)89)28(51-32(96)16-40(110-51)87-12-10-38(70)80-64(87)103)13-34-31(95)15-41(107-34)90-25-77-47-56(90)81-61(72)83-59(47)100/h4-12,20,23-26,28,30-36,39-45,49-53,93-98,105H,13-19,21-22H2,1-3H3,(H2,69,79,102)(H2,70,80,103)(H2,71,74,75)(H,85,99,104)(H3,72,81,83,100)(H3,73,82,84,101)/t28?,30-,31-,32-,33-,34+,35+,36+,39+,40+,41+,42+,43+,44+,45?,49?,50?,51+,52-,53+,67+,68-/m0/s1. The number of anilines is 5. The first-order valence-corrected chi connectivity index (χ1v) is 36.0. The number of aliphatic hydroxyl groups is 7. The van der Waals surface area contributed by atoms with Crippen LogP contribution in [0.15, 0.2) is 115 Å². The molecule has 1 radical (unpaired) electrons. The van der Waals surface area contributed by atoms with Crippen LogP contribution in [0, 0.1) is 23.2 Å². The summed E-state index contributed by atoms with van der Waals surface area (Å²) in [4.78, 5) is 130. The average molecular weight is 1550 g/mol. The van der Waals surface area contributed by atoms with Crippen LogP contribution < -0.4 is 62.4 Å². The van der Waals surface area contributed by atoms with Crippen LogP contribution in [-0.4, -0.2) is 213 Å². The number of hydrogen-bond acceptors (Lipinski definition) is 34. The van der Waals surface area contributed by atoms with Crippen molar-refractivity contribution in [3.05, 3.63) is 160 Å². The van der Waals surface area contributed by atoms with Crippen molar-refractivity contribution in [1.29, 1.82) is 0 Å². The first kappa shape index (κ1) is 75.4. The van der Waals surface area contributed by atoms with Crippen LogP contribution in [0.1, 0.15) is 120 Å². The minimum absolute atomic E-state index is 0.0353. The minimum atomic E-state index is -3.00. The Morgan fingerprint density at radius 2 is 1.12 bits per heavy atom. The van der Waals surface area contributed by atoms with Crippen LogP contribution in [-0.2, 0) is 33.6 Å². The summed E-state index contributed by atoms with van der Waals surface area (Å²) in [5.41, 5.74) is 18.0. The van der Waals surface area contributed by atoms with Crippen LogP contribution in [0.3, 0.4) is 0 Å². The summed E-state index contributed by atoms with van der Waals surface area (Å²) in [6, 6.07) is 9.28. The summed E-state index contributed by atoms with van der Waals surface area (Å²) in [6.45, 7) is 2.83. The van der Waals surface area contributed by atoms with E-state index in [9.17, 15) is 59.8 Å². The van der Waals surface area contributed by atoms with Gasteiger partial charge >= 0.3 is 17.1 Å². The molecule has 6 aliphatic rings. The lowest BCUT2D eigenvalue weighted by Crippen LogP contribution is -2.67. The van der Waals surface area contributed by atoms with Gasteiger partial charge < -0.3 is 92.8 Å². The normalized spacial score (nSPS) is 30.7. The molecule has 4 unspecified atom stereocenters. The van der Waals surface area contributed by atoms with Gasteiger partial charge in [0, 0.05) is 73.5 Å². The molecule has 0 spiro atoms. The number of hydrogen-bond donors (Lipinski definition) is 15. The number of nitrogens with one attached hydrogen (secondary N) is 3. The fourth-order valence-electron chi connectivity index (χ4n) is 17.9. The van der Waals surface area contributed by atoms with E-state index in [1.807, 2.05) is 0 Å². The van der Waals surface area contributed by atoms with E-state index in [1.54, 1.807) is 51.1 Å². The second kappa shape index (κ2) is 28.5. The number of nitrogen functional groups attached to an aromatic ring is 5. The highest BCUT2D eigenvalue weighted by Gasteiger charge is 2.74. The summed E-state index contributed by atoms with van der Waals surface area (Å²) >= 11 is 0. The predicted molar refractivity (Wildman–Crippen MR) is 384 cm³/mol. The highest BCUT2D eigenvalue weighted by Crippen LogP contribution is 2.66. The Bertz CT molecular complexity index is 5610. The molecule has 0 saturated carbocycles. The molecule has 44 heteroatoms. The van der Waals surface area contributed by atoms with Gasteiger partial charge in [0.25, 0.3) is 16.7 Å². The first-order valence-electron chi connectivity index (χ1n) is 36.0. The molecular weight excluding hydrogens is 1470 g/mol. The van der Waals surface area contributed by atoms with Gasteiger partial charge in [-0.3, -0.25) is 56.7 Å². The summed E-state index contributed by atoms with van der Waals surface area (Å²) in [5.74, 6) is -6.06. The van der Waals surface area contributed by atoms with E-state index in [0.717, 1.165) is 19.9 Å². The molecule has 6 aliphatic heterocycles. The maximum Gasteiger partial charge on any atom is 0.351 e. The van der Waals surface area contributed by atoms with Gasteiger partial charge in [-0.05, 0) is 57.2 Å². The third-order valence-corrected chi connectivity index (χ3v) is 22.9. The number of imidazole rings is 3. The smallest absolute Gasteiger partial charge is 0.351 e. The van der Waals surface area contributed by atoms with Gasteiger partial charge in [0.2, 0.25) is 11.9 Å². The fourth-order valence-corrected chi connectivity index (χ4v) is 17.9. The number of ether oxygens (including phenoxy) is 6. The zero-order chi connectivity index (χ0) is 79.0. The van der Waals surface area contributed by atoms with E-state index in [-0.39, 0.29) is 81.2 Å². The number of fused-ring (bicyclic) bond motifs is 3. The quantitative estimate of drug-likeness (QED) is 0.0333. The zero-order valence-corrected chi connectivity index (χ0v) is 60.0.